The van der Waals surface area contributed by atoms with Gasteiger partial charge < -0.3 is 10.6 Å². The predicted molar refractivity (Wildman–Crippen MR) is 109 cm³/mol. The van der Waals surface area contributed by atoms with Crippen LogP contribution in [0.15, 0.2) is 30.1 Å². The van der Waals surface area contributed by atoms with E-state index in [2.05, 4.69) is 40.1 Å². The van der Waals surface area contributed by atoms with Crippen LogP contribution in [-0.2, 0) is 9.59 Å². The minimum absolute atomic E-state index is 0.248. The molecule has 3 aromatic heterocycles. The summed E-state index contributed by atoms with van der Waals surface area (Å²) in [5, 5.41) is 12.9. The highest BCUT2D eigenvalue weighted by molar-refractivity contribution is 7.15. The first-order valence-corrected chi connectivity index (χ1v) is 9.77. The minimum Gasteiger partial charge on any atom is -0.384 e. The van der Waals surface area contributed by atoms with Gasteiger partial charge in [-0.3, -0.25) is 14.9 Å². The number of imide groups is 1. The van der Waals surface area contributed by atoms with Gasteiger partial charge >= 0.3 is 0 Å². The lowest BCUT2D eigenvalue weighted by Gasteiger charge is -2.09. The molecule has 0 atom stereocenters. The summed E-state index contributed by atoms with van der Waals surface area (Å²) >= 11 is 1.68. The van der Waals surface area contributed by atoms with Gasteiger partial charge in [-0.1, -0.05) is 0 Å². The standard InChI is InChI=1S/C19H20N6O2S/c1-11-3-6-16(28-11)14-8-17(23-13-4-5-13)25-18(24-14)12(9-22-25)7-15(20-2)19(27)21-10-26/h3,6-10,13,20,23H,4-5H2,1-2H3,(H,21,26,27)/b15-7-. The second-order valence-electron chi connectivity index (χ2n) is 6.59. The Morgan fingerprint density at radius 1 is 1.36 bits per heavy atom. The van der Waals surface area contributed by atoms with E-state index in [1.54, 1.807) is 35.2 Å². The van der Waals surface area contributed by atoms with Crippen LogP contribution in [0.4, 0.5) is 5.82 Å². The topological polar surface area (TPSA) is 100 Å². The van der Waals surface area contributed by atoms with Crippen LogP contribution < -0.4 is 16.0 Å². The minimum atomic E-state index is -0.516. The van der Waals surface area contributed by atoms with Crippen molar-refractivity contribution in [1.82, 2.24) is 25.2 Å². The Morgan fingerprint density at radius 3 is 2.82 bits per heavy atom. The van der Waals surface area contributed by atoms with Gasteiger partial charge in [0.2, 0.25) is 6.41 Å². The van der Waals surface area contributed by atoms with Crippen molar-refractivity contribution in [2.75, 3.05) is 12.4 Å². The van der Waals surface area contributed by atoms with Crippen molar-refractivity contribution in [1.29, 1.82) is 0 Å². The molecule has 0 aromatic carbocycles. The van der Waals surface area contributed by atoms with Crippen LogP contribution in [0.25, 0.3) is 22.3 Å². The van der Waals surface area contributed by atoms with Gasteiger partial charge in [-0.25, -0.2) is 4.98 Å². The second-order valence-corrected chi connectivity index (χ2v) is 7.88. The molecule has 1 fully saturated rings. The summed E-state index contributed by atoms with van der Waals surface area (Å²) in [5.41, 5.74) is 2.42. The first kappa shape index (κ1) is 18.2. The molecule has 3 heterocycles. The average molecular weight is 396 g/mol. The SMILES string of the molecule is CN/C(=C\c1cnn2c(NC3CC3)cc(-c3ccc(C)s3)nc12)C(=O)NC=O. The molecule has 0 saturated heterocycles. The van der Waals surface area contributed by atoms with E-state index < -0.39 is 5.91 Å². The van der Waals surface area contributed by atoms with Gasteiger partial charge in [-0.05, 0) is 38.0 Å². The molecule has 9 heteroatoms. The van der Waals surface area contributed by atoms with Crippen molar-refractivity contribution in [3.05, 3.63) is 40.5 Å². The lowest BCUT2D eigenvalue weighted by Crippen LogP contribution is -2.28. The largest absolute Gasteiger partial charge is 0.384 e. The Hall–Kier alpha value is -3.20. The first-order chi connectivity index (χ1) is 13.6. The Kier molecular flexibility index (Phi) is 4.82. The Bertz CT molecular complexity index is 1080. The molecule has 0 aliphatic heterocycles. The monoisotopic (exact) mass is 396 g/mol. The summed E-state index contributed by atoms with van der Waals surface area (Å²) in [4.78, 5) is 29.7. The van der Waals surface area contributed by atoms with Gasteiger partial charge in [0.05, 0.1) is 16.8 Å². The van der Waals surface area contributed by atoms with Crippen LogP contribution in [0.1, 0.15) is 23.3 Å². The number of nitrogens with one attached hydrogen (secondary N) is 3. The second kappa shape index (κ2) is 7.43. The molecule has 144 valence electrons. The van der Waals surface area contributed by atoms with Crippen molar-refractivity contribution in [3.63, 3.8) is 0 Å². The smallest absolute Gasteiger partial charge is 0.273 e. The van der Waals surface area contributed by atoms with Gasteiger partial charge in [0.25, 0.3) is 5.91 Å². The maximum Gasteiger partial charge on any atom is 0.273 e. The molecular weight excluding hydrogens is 376 g/mol. The number of hydrogen-bond donors (Lipinski definition) is 3. The molecule has 1 aliphatic carbocycles. The zero-order chi connectivity index (χ0) is 19.7. The fraction of sp³-hybridized carbons (Fsp3) is 0.263. The maximum atomic E-state index is 12.0. The number of anilines is 1. The summed E-state index contributed by atoms with van der Waals surface area (Å²) < 4.78 is 1.75. The highest BCUT2D eigenvalue weighted by atomic mass is 32.1. The van der Waals surface area contributed by atoms with Crippen molar-refractivity contribution in [2.45, 2.75) is 25.8 Å². The number of fused-ring (bicyclic) bond motifs is 1. The van der Waals surface area contributed by atoms with Crippen molar-refractivity contribution in [3.8, 4) is 10.6 Å². The number of nitrogens with zero attached hydrogens (tertiary/aromatic N) is 3. The number of aryl methyl sites for hydroxylation is 1. The number of hydrogen-bond acceptors (Lipinski definition) is 7. The molecule has 1 aliphatic rings. The van der Waals surface area contributed by atoms with Gasteiger partial charge in [-0.2, -0.15) is 9.61 Å². The molecule has 2 amide bonds. The first-order valence-electron chi connectivity index (χ1n) is 8.95. The third kappa shape index (κ3) is 3.61. The lowest BCUT2D eigenvalue weighted by atomic mass is 10.2. The number of amides is 2. The molecule has 0 bridgehead atoms. The molecule has 1 saturated carbocycles. The zero-order valence-electron chi connectivity index (χ0n) is 15.5. The van der Waals surface area contributed by atoms with E-state index in [1.807, 2.05) is 6.07 Å². The fourth-order valence-corrected chi connectivity index (χ4v) is 3.69. The van der Waals surface area contributed by atoms with E-state index in [0.717, 1.165) is 29.2 Å². The van der Waals surface area contributed by atoms with E-state index in [1.165, 1.54) is 4.88 Å². The molecule has 0 radical (unpaired) electrons. The summed E-state index contributed by atoms with van der Waals surface area (Å²) in [7, 11) is 1.62. The summed E-state index contributed by atoms with van der Waals surface area (Å²) in [6.45, 7) is 2.06. The number of rotatable bonds is 7. The average Bonchev–Trinajstić information content (AvgIpc) is 3.23. The molecular formula is C19H20N6O2S. The van der Waals surface area contributed by atoms with Crippen LogP contribution in [0.3, 0.4) is 0 Å². The number of carbonyl (C=O) groups is 2. The molecule has 28 heavy (non-hydrogen) atoms. The normalized spacial score (nSPS) is 14.1. The van der Waals surface area contributed by atoms with Crippen molar-refractivity contribution < 1.29 is 9.59 Å². The van der Waals surface area contributed by atoms with E-state index in [-0.39, 0.29) is 5.70 Å². The third-order valence-corrected chi connectivity index (χ3v) is 5.45. The third-order valence-electron chi connectivity index (χ3n) is 4.43. The van der Waals surface area contributed by atoms with Crippen LogP contribution in [-0.4, -0.2) is 40.0 Å². The number of likely N-dealkylation sites (N-methyl/N-ethyl adjacent to an activating group) is 1. The molecule has 8 nitrogen and oxygen atoms in total. The Labute approximate surface area is 165 Å². The van der Waals surface area contributed by atoms with E-state index >= 15 is 0 Å². The van der Waals surface area contributed by atoms with Crippen LogP contribution in [0, 0.1) is 6.92 Å². The van der Waals surface area contributed by atoms with E-state index in [4.69, 9.17) is 4.98 Å². The molecule has 3 aromatic rings. The highest BCUT2D eigenvalue weighted by Gasteiger charge is 2.23. The van der Waals surface area contributed by atoms with Crippen LogP contribution in [0.5, 0.6) is 0 Å². The molecule has 4 rings (SSSR count). The van der Waals surface area contributed by atoms with Gasteiger partial charge in [0.1, 0.15) is 11.5 Å². The zero-order valence-corrected chi connectivity index (χ0v) is 16.3. The summed E-state index contributed by atoms with van der Waals surface area (Å²) in [6, 6.07) is 6.59. The van der Waals surface area contributed by atoms with Gasteiger partial charge in [0, 0.05) is 29.6 Å². The van der Waals surface area contributed by atoms with Crippen molar-refractivity contribution >= 4 is 41.2 Å². The maximum absolute atomic E-state index is 12.0. The van der Waals surface area contributed by atoms with Crippen molar-refractivity contribution in [2.24, 2.45) is 0 Å². The van der Waals surface area contributed by atoms with Gasteiger partial charge in [-0.15, -0.1) is 11.3 Å². The fourth-order valence-electron chi connectivity index (χ4n) is 2.86. The number of aromatic nitrogens is 3. The van der Waals surface area contributed by atoms with Crippen LogP contribution in [0.2, 0.25) is 0 Å². The molecule has 0 spiro atoms. The van der Waals surface area contributed by atoms with E-state index in [9.17, 15) is 9.59 Å². The predicted octanol–water partition coefficient (Wildman–Crippen LogP) is 2.17. The number of thiophene rings is 1. The summed E-state index contributed by atoms with van der Waals surface area (Å²) in [6.07, 6.45) is 5.94. The van der Waals surface area contributed by atoms with Crippen LogP contribution >= 0.6 is 11.3 Å². The summed E-state index contributed by atoms with van der Waals surface area (Å²) in [5.74, 6) is 0.356. The lowest BCUT2D eigenvalue weighted by molar-refractivity contribution is -0.122. The van der Waals surface area contributed by atoms with Gasteiger partial charge in [0.15, 0.2) is 5.65 Å². The highest BCUT2D eigenvalue weighted by Crippen LogP contribution is 2.32. The molecule has 0 unspecified atom stereocenters. The number of carbonyl (C=O) groups excluding carboxylic acids is 2. The molecule has 3 N–H and O–H groups in total. The Morgan fingerprint density at radius 2 is 2.18 bits per heavy atom. The quantitative estimate of drug-likeness (QED) is 0.418. The van der Waals surface area contributed by atoms with E-state index in [0.29, 0.717) is 23.7 Å². The Balaban J connectivity index is 1.83.